The normalized spacial score (nSPS) is 29.6. The van der Waals surface area contributed by atoms with Crippen LogP contribution in [-0.4, -0.2) is 0 Å². The molecule has 0 saturated heterocycles. The van der Waals surface area contributed by atoms with Crippen molar-refractivity contribution in [2.75, 3.05) is 0 Å². The van der Waals surface area contributed by atoms with Crippen molar-refractivity contribution in [1.29, 1.82) is 0 Å². The van der Waals surface area contributed by atoms with Crippen LogP contribution in [0, 0.1) is 11.8 Å². The first kappa shape index (κ1) is 8.62. The van der Waals surface area contributed by atoms with Gasteiger partial charge in [-0.3, -0.25) is 0 Å². The second kappa shape index (κ2) is 4.41. The molecule has 0 spiro atoms. The Bertz CT molecular complexity index is 161. The van der Waals surface area contributed by atoms with Crippen molar-refractivity contribution in [3.05, 3.63) is 17.9 Å². The molecular weight excluding hydrogens is 132 g/mol. The van der Waals surface area contributed by atoms with E-state index in [1.54, 1.807) is 0 Å². The van der Waals surface area contributed by atoms with Crippen LogP contribution in [0.4, 0.5) is 0 Å². The fourth-order valence-electron chi connectivity index (χ4n) is 1.89. The number of rotatable bonds is 2. The molecule has 11 heavy (non-hydrogen) atoms. The average Bonchev–Trinajstić information content (AvgIpc) is 2.37. The highest BCUT2D eigenvalue weighted by Gasteiger charge is 2.19. The molecule has 0 aromatic heterocycles. The molecule has 0 radical (unpaired) electrons. The third-order valence-electron chi connectivity index (χ3n) is 2.54. The van der Waals surface area contributed by atoms with E-state index in [0.717, 1.165) is 11.8 Å². The average molecular weight is 150 g/mol. The minimum Gasteiger partial charge on any atom is -0.130 e. The molecule has 1 aliphatic carbocycles. The Morgan fingerprint density at radius 3 is 2.82 bits per heavy atom. The molecule has 0 bridgehead atoms. The van der Waals surface area contributed by atoms with E-state index in [1.165, 1.54) is 25.7 Å². The van der Waals surface area contributed by atoms with E-state index in [4.69, 9.17) is 0 Å². The van der Waals surface area contributed by atoms with E-state index in [-0.39, 0.29) is 0 Å². The van der Waals surface area contributed by atoms with Crippen LogP contribution in [0.2, 0.25) is 0 Å². The lowest BCUT2D eigenvalue weighted by molar-refractivity contribution is 0.521. The topological polar surface area (TPSA) is 0 Å². The SMILES string of the molecule is CC=C=CCC1CCC(C)C1. The lowest BCUT2D eigenvalue weighted by Crippen LogP contribution is -1.91. The van der Waals surface area contributed by atoms with E-state index in [2.05, 4.69) is 18.7 Å². The molecule has 0 aromatic carbocycles. The van der Waals surface area contributed by atoms with Crippen molar-refractivity contribution in [3.8, 4) is 0 Å². The molecule has 1 aliphatic rings. The van der Waals surface area contributed by atoms with Gasteiger partial charge in [-0.1, -0.05) is 13.3 Å². The summed E-state index contributed by atoms with van der Waals surface area (Å²) in [6, 6.07) is 0. The van der Waals surface area contributed by atoms with Crippen molar-refractivity contribution < 1.29 is 0 Å². The van der Waals surface area contributed by atoms with Crippen LogP contribution in [0.1, 0.15) is 39.5 Å². The summed E-state index contributed by atoms with van der Waals surface area (Å²) in [5, 5.41) is 0. The summed E-state index contributed by atoms with van der Waals surface area (Å²) < 4.78 is 0. The molecule has 0 heterocycles. The molecule has 1 rings (SSSR count). The van der Waals surface area contributed by atoms with Crippen LogP contribution in [0.3, 0.4) is 0 Å². The van der Waals surface area contributed by atoms with Crippen molar-refractivity contribution in [2.45, 2.75) is 39.5 Å². The molecule has 0 amide bonds. The summed E-state index contributed by atoms with van der Waals surface area (Å²) in [5.41, 5.74) is 3.14. The van der Waals surface area contributed by atoms with Gasteiger partial charge in [0.15, 0.2) is 0 Å². The van der Waals surface area contributed by atoms with E-state index in [1.807, 2.05) is 13.0 Å². The Kier molecular flexibility index (Phi) is 3.45. The van der Waals surface area contributed by atoms with E-state index in [9.17, 15) is 0 Å². The van der Waals surface area contributed by atoms with Crippen LogP contribution < -0.4 is 0 Å². The van der Waals surface area contributed by atoms with Gasteiger partial charge in [-0.2, -0.15) is 0 Å². The Morgan fingerprint density at radius 2 is 2.27 bits per heavy atom. The molecule has 0 nitrogen and oxygen atoms in total. The quantitative estimate of drug-likeness (QED) is 0.528. The second-order valence-corrected chi connectivity index (χ2v) is 3.68. The summed E-state index contributed by atoms with van der Waals surface area (Å²) in [5.74, 6) is 1.93. The number of allylic oxidation sites excluding steroid dienone is 1. The molecule has 0 aliphatic heterocycles. The zero-order valence-corrected chi connectivity index (χ0v) is 7.64. The van der Waals surface area contributed by atoms with Crippen LogP contribution in [0.25, 0.3) is 0 Å². The summed E-state index contributed by atoms with van der Waals surface area (Å²) in [6.45, 7) is 4.38. The smallest absolute Gasteiger partial charge is 0.0246 e. The molecule has 0 N–H and O–H groups in total. The highest BCUT2D eigenvalue weighted by molar-refractivity contribution is 4.86. The zero-order valence-electron chi connectivity index (χ0n) is 7.64. The highest BCUT2D eigenvalue weighted by Crippen LogP contribution is 2.32. The van der Waals surface area contributed by atoms with Gasteiger partial charge in [0.2, 0.25) is 0 Å². The van der Waals surface area contributed by atoms with Crippen molar-refractivity contribution in [2.24, 2.45) is 11.8 Å². The number of hydrogen-bond donors (Lipinski definition) is 0. The minimum absolute atomic E-state index is 0.956. The van der Waals surface area contributed by atoms with E-state index < -0.39 is 0 Å². The summed E-state index contributed by atoms with van der Waals surface area (Å²) in [6.07, 6.45) is 9.72. The molecular formula is C11H18. The molecule has 1 saturated carbocycles. The lowest BCUT2D eigenvalue weighted by Gasteiger charge is -2.03. The van der Waals surface area contributed by atoms with Gasteiger partial charge < -0.3 is 0 Å². The van der Waals surface area contributed by atoms with Gasteiger partial charge in [0, 0.05) is 0 Å². The molecule has 2 atom stereocenters. The Labute approximate surface area is 70.0 Å². The minimum atomic E-state index is 0.956. The van der Waals surface area contributed by atoms with Gasteiger partial charge in [0.25, 0.3) is 0 Å². The predicted molar refractivity (Wildman–Crippen MR) is 49.4 cm³/mol. The van der Waals surface area contributed by atoms with Gasteiger partial charge >= 0.3 is 0 Å². The van der Waals surface area contributed by atoms with Gasteiger partial charge in [-0.05, 0) is 50.2 Å². The summed E-state index contributed by atoms with van der Waals surface area (Å²) in [7, 11) is 0. The van der Waals surface area contributed by atoms with Crippen LogP contribution in [0.15, 0.2) is 17.9 Å². The monoisotopic (exact) mass is 150 g/mol. The summed E-state index contributed by atoms with van der Waals surface area (Å²) >= 11 is 0. The van der Waals surface area contributed by atoms with Crippen molar-refractivity contribution in [1.82, 2.24) is 0 Å². The highest BCUT2D eigenvalue weighted by atomic mass is 14.2. The Morgan fingerprint density at radius 1 is 1.45 bits per heavy atom. The van der Waals surface area contributed by atoms with Crippen molar-refractivity contribution in [3.63, 3.8) is 0 Å². The number of hydrogen-bond acceptors (Lipinski definition) is 0. The standard InChI is InChI=1S/C11H18/c1-3-4-5-6-11-8-7-10(2)9-11/h3,5,10-11H,6-9H2,1-2H3. The Balaban J connectivity index is 2.23. The van der Waals surface area contributed by atoms with Gasteiger partial charge in [-0.15, -0.1) is 5.73 Å². The predicted octanol–water partition coefficient (Wildman–Crippen LogP) is 3.54. The lowest BCUT2D eigenvalue weighted by atomic mass is 10.0. The third kappa shape index (κ3) is 2.95. The van der Waals surface area contributed by atoms with Crippen LogP contribution >= 0.6 is 0 Å². The van der Waals surface area contributed by atoms with Gasteiger partial charge in [-0.25, -0.2) is 0 Å². The molecule has 0 aromatic rings. The molecule has 0 heteroatoms. The fraction of sp³-hybridized carbons (Fsp3) is 0.727. The Hall–Kier alpha value is -0.480. The molecule has 1 fully saturated rings. The van der Waals surface area contributed by atoms with Crippen LogP contribution in [-0.2, 0) is 0 Å². The van der Waals surface area contributed by atoms with Crippen LogP contribution in [0.5, 0.6) is 0 Å². The van der Waals surface area contributed by atoms with E-state index in [0.29, 0.717) is 0 Å². The first-order chi connectivity index (χ1) is 5.33. The maximum atomic E-state index is 3.14. The first-order valence-corrected chi connectivity index (χ1v) is 4.68. The van der Waals surface area contributed by atoms with Crippen molar-refractivity contribution >= 4 is 0 Å². The fourth-order valence-corrected chi connectivity index (χ4v) is 1.89. The van der Waals surface area contributed by atoms with Gasteiger partial charge in [0.05, 0.1) is 0 Å². The largest absolute Gasteiger partial charge is 0.130 e. The first-order valence-electron chi connectivity index (χ1n) is 4.68. The molecule has 62 valence electrons. The summed E-state index contributed by atoms with van der Waals surface area (Å²) in [4.78, 5) is 0. The second-order valence-electron chi connectivity index (χ2n) is 3.68. The molecule has 2 unspecified atom stereocenters. The third-order valence-corrected chi connectivity index (χ3v) is 2.54. The van der Waals surface area contributed by atoms with Gasteiger partial charge in [0.1, 0.15) is 0 Å². The maximum absolute atomic E-state index is 3.14. The maximum Gasteiger partial charge on any atom is -0.0246 e. The zero-order chi connectivity index (χ0) is 8.10. The van der Waals surface area contributed by atoms with E-state index >= 15 is 0 Å².